The minimum atomic E-state index is -1.19. The van der Waals surface area contributed by atoms with Crippen LogP contribution < -0.4 is 0 Å². The number of carboxylic acids is 1. The molecule has 0 saturated carbocycles. The molecule has 7 nitrogen and oxygen atoms in total. The molecule has 1 aromatic carbocycles. The van der Waals surface area contributed by atoms with Crippen LogP contribution in [0.15, 0.2) is 57.3 Å². The molecule has 0 unspecified atom stereocenters. The number of benzene rings is 1. The van der Waals surface area contributed by atoms with E-state index in [9.17, 15) is 9.90 Å². The number of aryl methyl sites for hydroxylation is 1. The maximum atomic E-state index is 11.2. The minimum absolute atomic E-state index is 0.128. The predicted molar refractivity (Wildman–Crippen MR) is 78.6 cm³/mol. The molecule has 2 N–H and O–H groups in total. The summed E-state index contributed by atoms with van der Waals surface area (Å²) in [4.78, 5) is 11.2. The van der Waals surface area contributed by atoms with E-state index in [4.69, 9.17) is 4.42 Å². The first-order chi connectivity index (χ1) is 10.6. The van der Waals surface area contributed by atoms with Crippen LogP contribution in [0.2, 0.25) is 0 Å². The first-order valence-corrected chi connectivity index (χ1v) is 6.49. The average molecular weight is 296 g/mol. The summed E-state index contributed by atoms with van der Waals surface area (Å²) in [7, 11) is 0. The molecule has 0 radical (unpaired) electrons. The van der Waals surface area contributed by atoms with Crippen molar-refractivity contribution < 1.29 is 14.3 Å². The molecular weight excluding hydrogens is 284 g/mol. The molecule has 7 heteroatoms. The van der Waals surface area contributed by atoms with Gasteiger partial charge in [0.1, 0.15) is 11.4 Å². The van der Waals surface area contributed by atoms with Crippen LogP contribution in [0.25, 0.3) is 11.5 Å². The Morgan fingerprint density at radius 2 is 2.00 bits per heavy atom. The van der Waals surface area contributed by atoms with E-state index in [2.05, 4.69) is 20.4 Å². The minimum Gasteiger partial charge on any atom is -0.476 e. The zero-order valence-corrected chi connectivity index (χ0v) is 11.6. The van der Waals surface area contributed by atoms with Crippen molar-refractivity contribution in [3.05, 3.63) is 53.9 Å². The number of carboxylic acid groups (broad SMARTS) is 1. The van der Waals surface area contributed by atoms with Crippen molar-refractivity contribution in [3.63, 3.8) is 0 Å². The van der Waals surface area contributed by atoms with Gasteiger partial charge in [0, 0.05) is 0 Å². The third-order valence-corrected chi connectivity index (χ3v) is 3.01. The zero-order chi connectivity index (χ0) is 15.5. The molecule has 2 heterocycles. The van der Waals surface area contributed by atoms with E-state index in [1.54, 1.807) is 24.3 Å². The van der Waals surface area contributed by atoms with E-state index in [0.717, 1.165) is 5.56 Å². The van der Waals surface area contributed by atoms with Crippen molar-refractivity contribution in [2.24, 2.45) is 10.2 Å². The monoisotopic (exact) mass is 296 g/mol. The van der Waals surface area contributed by atoms with E-state index in [1.165, 1.54) is 6.26 Å². The summed E-state index contributed by atoms with van der Waals surface area (Å²) >= 11 is 0. The number of rotatable bonds is 4. The fourth-order valence-electron chi connectivity index (χ4n) is 1.89. The molecule has 0 aliphatic rings. The lowest BCUT2D eigenvalue weighted by atomic mass is 10.2. The molecule has 0 saturated heterocycles. The quantitative estimate of drug-likeness (QED) is 0.707. The molecular formula is C15H12N4O3. The SMILES string of the molecule is Cc1ccc(N=Nc2c(C(=O)O)n[nH]c2-c2ccco2)cc1. The van der Waals surface area contributed by atoms with Crippen molar-refractivity contribution in [2.45, 2.75) is 6.92 Å². The number of aromatic carboxylic acids is 1. The first-order valence-electron chi connectivity index (χ1n) is 6.49. The Kier molecular flexibility index (Phi) is 3.53. The largest absolute Gasteiger partial charge is 0.476 e. The zero-order valence-electron chi connectivity index (χ0n) is 11.6. The summed E-state index contributed by atoms with van der Waals surface area (Å²) in [6, 6.07) is 10.8. The predicted octanol–water partition coefficient (Wildman–Crippen LogP) is 4.09. The van der Waals surface area contributed by atoms with Crippen LogP contribution >= 0.6 is 0 Å². The number of azo groups is 1. The highest BCUT2D eigenvalue weighted by atomic mass is 16.4. The van der Waals surface area contributed by atoms with E-state index in [1.807, 2.05) is 19.1 Å². The maximum Gasteiger partial charge on any atom is 0.358 e. The Bertz CT molecular complexity index is 817. The van der Waals surface area contributed by atoms with Crippen molar-refractivity contribution in [2.75, 3.05) is 0 Å². The molecule has 2 aromatic heterocycles. The number of aromatic amines is 1. The van der Waals surface area contributed by atoms with Crippen LogP contribution in [0.1, 0.15) is 16.1 Å². The topological polar surface area (TPSA) is 104 Å². The van der Waals surface area contributed by atoms with Crippen molar-refractivity contribution in [3.8, 4) is 11.5 Å². The smallest absolute Gasteiger partial charge is 0.358 e. The molecule has 0 spiro atoms. The highest BCUT2D eigenvalue weighted by molar-refractivity contribution is 5.94. The van der Waals surface area contributed by atoms with Gasteiger partial charge < -0.3 is 9.52 Å². The van der Waals surface area contributed by atoms with Gasteiger partial charge in [-0.15, -0.1) is 5.11 Å². The van der Waals surface area contributed by atoms with E-state index >= 15 is 0 Å². The van der Waals surface area contributed by atoms with Gasteiger partial charge in [-0.25, -0.2) is 4.79 Å². The molecule has 3 rings (SSSR count). The average Bonchev–Trinajstić information content (AvgIpc) is 3.15. The van der Waals surface area contributed by atoms with Crippen molar-refractivity contribution >= 4 is 17.3 Å². The molecule has 0 amide bonds. The molecule has 22 heavy (non-hydrogen) atoms. The van der Waals surface area contributed by atoms with Gasteiger partial charge in [0.25, 0.3) is 0 Å². The molecule has 0 bridgehead atoms. The molecule has 0 fully saturated rings. The number of hydrogen-bond acceptors (Lipinski definition) is 5. The van der Waals surface area contributed by atoms with Gasteiger partial charge in [-0.1, -0.05) is 17.7 Å². The van der Waals surface area contributed by atoms with Gasteiger partial charge >= 0.3 is 5.97 Å². The number of nitrogens with zero attached hydrogens (tertiary/aromatic N) is 3. The second kappa shape index (κ2) is 5.65. The Morgan fingerprint density at radius 1 is 1.23 bits per heavy atom. The normalized spacial score (nSPS) is 11.1. The van der Waals surface area contributed by atoms with Crippen molar-refractivity contribution in [1.82, 2.24) is 10.2 Å². The van der Waals surface area contributed by atoms with Crippen LogP contribution in [0.4, 0.5) is 11.4 Å². The fourth-order valence-corrected chi connectivity index (χ4v) is 1.89. The lowest BCUT2D eigenvalue weighted by molar-refractivity contribution is 0.0691. The highest BCUT2D eigenvalue weighted by Crippen LogP contribution is 2.33. The van der Waals surface area contributed by atoms with Crippen LogP contribution in [-0.4, -0.2) is 21.3 Å². The van der Waals surface area contributed by atoms with E-state index in [-0.39, 0.29) is 11.4 Å². The second-order valence-electron chi connectivity index (χ2n) is 4.61. The Morgan fingerprint density at radius 3 is 2.64 bits per heavy atom. The Hall–Kier alpha value is -3.22. The molecule has 110 valence electrons. The number of H-pyrrole nitrogens is 1. The fraction of sp³-hybridized carbons (Fsp3) is 0.0667. The molecule has 0 aliphatic carbocycles. The summed E-state index contributed by atoms with van der Waals surface area (Å²) in [6.45, 7) is 1.97. The van der Waals surface area contributed by atoms with Gasteiger partial charge in [0.2, 0.25) is 0 Å². The summed E-state index contributed by atoms with van der Waals surface area (Å²) < 4.78 is 5.26. The highest BCUT2D eigenvalue weighted by Gasteiger charge is 2.21. The van der Waals surface area contributed by atoms with Crippen LogP contribution in [0, 0.1) is 6.92 Å². The van der Waals surface area contributed by atoms with Gasteiger partial charge in [-0.05, 0) is 31.2 Å². The third-order valence-electron chi connectivity index (χ3n) is 3.01. The maximum absolute atomic E-state index is 11.2. The molecule has 0 aliphatic heterocycles. The van der Waals surface area contributed by atoms with E-state index in [0.29, 0.717) is 17.1 Å². The number of furan rings is 1. The summed E-state index contributed by atoms with van der Waals surface area (Å²) in [5.41, 5.74) is 2.02. The number of aromatic nitrogens is 2. The molecule has 3 aromatic rings. The van der Waals surface area contributed by atoms with Crippen LogP contribution in [-0.2, 0) is 0 Å². The number of carbonyl (C=O) groups is 1. The van der Waals surface area contributed by atoms with Gasteiger partial charge in [0.05, 0.1) is 12.0 Å². The van der Waals surface area contributed by atoms with Crippen LogP contribution in [0.5, 0.6) is 0 Å². The summed E-state index contributed by atoms with van der Waals surface area (Å²) in [5.74, 6) is -0.746. The summed E-state index contributed by atoms with van der Waals surface area (Å²) in [6.07, 6.45) is 1.48. The van der Waals surface area contributed by atoms with Gasteiger partial charge in [0.15, 0.2) is 11.5 Å². The lowest BCUT2D eigenvalue weighted by Gasteiger charge is -1.96. The first kappa shape index (κ1) is 13.7. The number of nitrogens with one attached hydrogen (secondary N) is 1. The van der Waals surface area contributed by atoms with Crippen molar-refractivity contribution in [1.29, 1.82) is 0 Å². The van der Waals surface area contributed by atoms with Gasteiger partial charge in [-0.3, -0.25) is 5.10 Å². The second-order valence-corrected chi connectivity index (χ2v) is 4.61. The standard InChI is InChI=1S/C15H12N4O3/c1-9-4-6-10(7-5-9)16-18-13-12(11-3-2-8-22-11)17-19-14(13)15(20)21/h2-8H,1H3,(H,17,19)(H,20,21). The lowest BCUT2D eigenvalue weighted by Crippen LogP contribution is -1.96. The Balaban J connectivity index is 2.02. The van der Waals surface area contributed by atoms with E-state index < -0.39 is 5.97 Å². The van der Waals surface area contributed by atoms with Crippen LogP contribution in [0.3, 0.4) is 0 Å². The third kappa shape index (κ3) is 2.64. The van der Waals surface area contributed by atoms with Gasteiger partial charge in [-0.2, -0.15) is 10.2 Å². The Labute approximate surface area is 125 Å². The number of hydrogen-bond donors (Lipinski definition) is 2. The molecule has 0 atom stereocenters. The summed E-state index contributed by atoms with van der Waals surface area (Å²) in [5, 5.41) is 23.7.